The molecule has 1 aliphatic heterocycles. The highest BCUT2D eigenvalue weighted by Crippen LogP contribution is 2.31. The second-order valence-electron chi connectivity index (χ2n) is 7.87. The molecule has 10 heteroatoms. The number of phenols is 2. The van der Waals surface area contributed by atoms with Crippen molar-refractivity contribution in [3.8, 4) is 17.2 Å². The highest BCUT2D eigenvalue weighted by atomic mass is 16.7. The number of ether oxygens (including phenoxy) is 2. The minimum absolute atomic E-state index is 0.0248. The van der Waals surface area contributed by atoms with Gasteiger partial charge in [-0.1, -0.05) is 12.1 Å². The zero-order valence-corrected chi connectivity index (χ0v) is 17.4. The fraction of sp³-hybridized carbons (Fsp3) is 0.348. The Kier molecular flexibility index (Phi) is 6.54. The summed E-state index contributed by atoms with van der Waals surface area (Å²) in [5.74, 6) is 0.0810. The van der Waals surface area contributed by atoms with Gasteiger partial charge in [-0.05, 0) is 24.1 Å². The molecule has 176 valence electrons. The molecule has 0 radical (unpaired) electrons. The number of hydrogen-bond acceptors (Lipinski definition) is 10. The van der Waals surface area contributed by atoms with Crippen molar-refractivity contribution in [1.82, 2.24) is 0 Å². The van der Waals surface area contributed by atoms with E-state index in [9.17, 15) is 35.4 Å². The highest BCUT2D eigenvalue weighted by Gasteiger charge is 2.44. The minimum Gasteiger partial charge on any atom is -0.508 e. The maximum absolute atomic E-state index is 12.5. The average molecular weight is 460 g/mol. The molecule has 3 aromatic rings. The molecule has 0 bridgehead atoms. The third kappa shape index (κ3) is 4.80. The maximum atomic E-state index is 12.5. The Bertz CT molecular complexity index is 1170. The third-order valence-electron chi connectivity index (χ3n) is 5.53. The first-order chi connectivity index (χ1) is 15.8. The normalized spacial score (nSPS) is 25.3. The minimum atomic E-state index is -1.63. The van der Waals surface area contributed by atoms with Crippen molar-refractivity contribution in [2.24, 2.45) is 0 Å². The molecular weight excluding hydrogens is 436 g/mol. The quantitative estimate of drug-likeness (QED) is 0.298. The van der Waals surface area contributed by atoms with Crippen LogP contribution in [0.2, 0.25) is 0 Å². The van der Waals surface area contributed by atoms with Gasteiger partial charge in [-0.25, -0.2) is 0 Å². The fourth-order valence-electron chi connectivity index (χ4n) is 3.71. The van der Waals surface area contributed by atoms with Gasteiger partial charge in [0.25, 0.3) is 0 Å². The first-order valence-corrected chi connectivity index (χ1v) is 10.3. The molecule has 2 aromatic carbocycles. The molecule has 4 rings (SSSR count). The molecule has 0 unspecified atom stereocenters. The van der Waals surface area contributed by atoms with E-state index in [0.29, 0.717) is 18.6 Å². The predicted molar refractivity (Wildman–Crippen MR) is 114 cm³/mol. The first kappa shape index (κ1) is 23.0. The number of aryl methyl sites for hydroxylation is 2. The summed E-state index contributed by atoms with van der Waals surface area (Å²) < 4.78 is 16.6. The number of phenolic OH excluding ortho intramolecular Hbond substituents is 2. The number of fused-ring (bicyclic) bond motifs is 1. The molecule has 10 nitrogen and oxygen atoms in total. The largest absolute Gasteiger partial charge is 0.508 e. The Morgan fingerprint density at radius 1 is 0.909 bits per heavy atom. The van der Waals surface area contributed by atoms with Crippen molar-refractivity contribution in [2.45, 2.75) is 43.5 Å². The van der Waals surface area contributed by atoms with Crippen LogP contribution in [0.25, 0.3) is 11.0 Å². The number of hydrogen-bond donors (Lipinski definition) is 6. The van der Waals surface area contributed by atoms with Crippen LogP contribution < -0.4 is 10.2 Å². The van der Waals surface area contributed by atoms with Crippen LogP contribution in [0.4, 0.5) is 0 Å². The molecule has 0 saturated carbocycles. The van der Waals surface area contributed by atoms with E-state index in [1.807, 2.05) is 0 Å². The summed E-state index contributed by atoms with van der Waals surface area (Å²) in [6.07, 6.45) is -6.49. The van der Waals surface area contributed by atoms with Gasteiger partial charge in [0.1, 0.15) is 58.4 Å². The van der Waals surface area contributed by atoms with E-state index in [1.54, 1.807) is 24.3 Å². The summed E-state index contributed by atoms with van der Waals surface area (Å²) in [5.41, 5.74) is 0.523. The van der Waals surface area contributed by atoms with Gasteiger partial charge >= 0.3 is 0 Å². The molecule has 0 spiro atoms. The topological polar surface area (TPSA) is 170 Å². The number of rotatable bonds is 6. The van der Waals surface area contributed by atoms with Gasteiger partial charge in [-0.3, -0.25) is 4.79 Å². The van der Waals surface area contributed by atoms with E-state index in [-0.39, 0.29) is 22.5 Å². The number of benzene rings is 2. The first-order valence-electron chi connectivity index (χ1n) is 10.3. The molecule has 1 fully saturated rings. The van der Waals surface area contributed by atoms with Crippen molar-refractivity contribution >= 4 is 11.0 Å². The van der Waals surface area contributed by atoms with Crippen molar-refractivity contribution < 1.29 is 44.5 Å². The Balaban J connectivity index is 1.58. The molecular formula is C23H24O10. The van der Waals surface area contributed by atoms with Gasteiger partial charge in [0.15, 0.2) is 5.43 Å². The fourth-order valence-corrected chi connectivity index (χ4v) is 3.71. The number of aliphatic hydroxyl groups excluding tert-OH is 4. The third-order valence-corrected chi connectivity index (χ3v) is 5.53. The Morgan fingerprint density at radius 2 is 1.64 bits per heavy atom. The lowest BCUT2D eigenvalue weighted by atomic mass is 9.99. The molecule has 0 aliphatic carbocycles. The second-order valence-corrected chi connectivity index (χ2v) is 7.87. The van der Waals surface area contributed by atoms with E-state index in [2.05, 4.69) is 0 Å². The van der Waals surface area contributed by atoms with Gasteiger partial charge in [-0.2, -0.15) is 0 Å². The van der Waals surface area contributed by atoms with Crippen LogP contribution in [0, 0.1) is 0 Å². The van der Waals surface area contributed by atoms with Crippen LogP contribution in [-0.4, -0.2) is 68.0 Å². The van der Waals surface area contributed by atoms with Crippen molar-refractivity contribution in [3.05, 3.63) is 64.0 Å². The summed E-state index contributed by atoms with van der Waals surface area (Å²) in [7, 11) is 0. The SMILES string of the molecule is O=c1cc(CCc2ccc(O)cc2)oc2cc(O[C@H]3O[C@@H](CO)[C@H](O)[C@@H](O)[C@@H]3O)cc(O)c12. The second kappa shape index (κ2) is 9.38. The molecule has 5 atom stereocenters. The molecule has 0 amide bonds. The summed E-state index contributed by atoms with van der Waals surface area (Å²) in [6, 6.07) is 10.4. The standard InChI is InChI=1S/C23H24O10/c24-10-18-20(28)21(29)22(30)23(33-18)32-14-8-16(27)19-15(26)7-13(31-17(19)9-14)6-3-11-1-4-12(25)5-2-11/h1-2,4-5,7-9,18,20-25,27-30H,3,6,10H2/t18-,20-,21+,22-,23-/m0/s1. The van der Waals surface area contributed by atoms with Crippen molar-refractivity contribution in [3.63, 3.8) is 0 Å². The zero-order chi connectivity index (χ0) is 23.7. The van der Waals surface area contributed by atoms with E-state index in [4.69, 9.17) is 13.9 Å². The Labute approximate surface area is 187 Å². The van der Waals surface area contributed by atoms with Gasteiger partial charge in [0, 0.05) is 24.6 Å². The molecule has 2 heterocycles. The Morgan fingerprint density at radius 3 is 2.33 bits per heavy atom. The summed E-state index contributed by atoms with van der Waals surface area (Å²) in [4.78, 5) is 12.5. The average Bonchev–Trinajstić information content (AvgIpc) is 2.78. The van der Waals surface area contributed by atoms with Crippen LogP contribution in [-0.2, 0) is 17.6 Å². The lowest BCUT2D eigenvalue weighted by Crippen LogP contribution is -2.60. The van der Waals surface area contributed by atoms with Crippen LogP contribution in [0.5, 0.6) is 17.2 Å². The number of aromatic hydroxyl groups is 2. The lowest BCUT2D eigenvalue weighted by Gasteiger charge is -2.39. The summed E-state index contributed by atoms with van der Waals surface area (Å²) in [5, 5.41) is 58.9. The van der Waals surface area contributed by atoms with E-state index < -0.39 is 48.5 Å². The van der Waals surface area contributed by atoms with E-state index >= 15 is 0 Å². The van der Waals surface area contributed by atoms with Gasteiger partial charge < -0.3 is 44.5 Å². The van der Waals surface area contributed by atoms with Gasteiger partial charge in [-0.15, -0.1) is 0 Å². The Hall–Kier alpha value is -3.15. The van der Waals surface area contributed by atoms with E-state index in [0.717, 1.165) is 11.6 Å². The van der Waals surface area contributed by atoms with Crippen molar-refractivity contribution in [1.29, 1.82) is 0 Å². The van der Waals surface area contributed by atoms with Gasteiger partial charge in [0.05, 0.1) is 6.61 Å². The lowest BCUT2D eigenvalue weighted by molar-refractivity contribution is -0.277. The summed E-state index contributed by atoms with van der Waals surface area (Å²) >= 11 is 0. The molecule has 1 aliphatic rings. The van der Waals surface area contributed by atoms with Gasteiger partial charge in [0.2, 0.25) is 6.29 Å². The maximum Gasteiger partial charge on any atom is 0.229 e. The van der Waals surface area contributed by atoms with Crippen LogP contribution in [0.3, 0.4) is 0 Å². The summed E-state index contributed by atoms with van der Waals surface area (Å²) in [6.45, 7) is -0.618. The molecule has 6 N–H and O–H groups in total. The van der Waals surface area contributed by atoms with Crippen LogP contribution >= 0.6 is 0 Å². The predicted octanol–water partition coefficient (Wildman–Crippen LogP) is 0.168. The molecule has 33 heavy (non-hydrogen) atoms. The van der Waals surface area contributed by atoms with Crippen LogP contribution in [0.1, 0.15) is 11.3 Å². The molecule has 1 aromatic heterocycles. The zero-order valence-electron chi connectivity index (χ0n) is 17.4. The molecule has 1 saturated heterocycles. The highest BCUT2D eigenvalue weighted by molar-refractivity contribution is 5.84. The van der Waals surface area contributed by atoms with E-state index in [1.165, 1.54) is 12.1 Å². The smallest absolute Gasteiger partial charge is 0.229 e. The van der Waals surface area contributed by atoms with Crippen molar-refractivity contribution in [2.75, 3.05) is 6.61 Å². The van der Waals surface area contributed by atoms with Crippen LogP contribution in [0.15, 0.2) is 51.7 Å². The number of aliphatic hydroxyl groups is 4. The monoisotopic (exact) mass is 460 g/mol.